The largest absolute Gasteiger partial charge is 0.481 e. The van der Waals surface area contributed by atoms with Gasteiger partial charge in [0.05, 0.1) is 6.42 Å². The Kier molecular flexibility index (Phi) is 8.02. The van der Waals surface area contributed by atoms with Crippen LogP contribution in [0.4, 0.5) is 0 Å². The lowest BCUT2D eigenvalue weighted by Gasteiger charge is -1.94. The Morgan fingerprint density at radius 2 is 2.20 bits per heavy atom. The van der Waals surface area contributed by atoms with E-state index in [1.54, 1.807) is 9.83 Å². The fourth-order valence-corrected chi connectivity index (χ4v) is 3.22. The summed E-state index contributed by atoms with van der Waals surface area (Å²) in [7, 11) is 4.59. The summed E-state index contributed by atoms with van der Waals surface area (Å²) in [6.45, 7) is 5.18. The summed E-state index contributed by atoms with van der Waals surface area (Å²) in [5.74, 6) is 0.475. The van der Waals surface area contributed by atoms with E-state index in [1.807, 2.05) is 0 Å². The standard InChI is InChI=1S/C5H8O2S3/c1-2-8-10-9-4-3-5(6)7/h1H,2-4H2,(H,6,7). The van der Waals surface area contributed by atoms with Crippen molar-refractivity contribution < 1.29 is 9.90 Å². The van der Waals surface area contributed by atoms with Crippen molar-refractivity contribution in [3.05, 3.63) is 6.92 Å². The third kappa shape index (κ3) is 8.52. The summed E-state index contributed by atoms with van der Waals surface area (Å²) in [5, 5.41) is 8.22. The molecule has 0 aromatic rings. The molecule has 0 aromatic carbocycles. The lowest BCUT2D eigenvalue weighted by Crippen LogP contribution is -1.94. The van der Waals surface area contributed by atoms with Crippen LogP contribution >= 0.6 is 31.4 Å². The van der Waals surface area contributed by atoms with E-state index in [0.717, 1.165) is 0 Å². The van der Waals surface area contributed by atoms with Gasteiger partial charge in [0.1, 0.15) is 0 Å². The van der Waals surface area contributed by atoms with E-state index in [1.165, 1.54) is 21.6 Å². The van der Waals surface area contributed by atoms with Crippen molar-refractivity contribution in [1.82, 2.24) is 0 Å². The maximum atomic E-state index is 9.98. The highest BCUT2D eigenvalue weighted by molar-refractivity contribution is 9.09. The Hall–Kier alpha value is 0.520. The second kappa shape index (κ2) is 7.63. The van der Waals surface area contributed by atoms with Gasteiger partial charge in [-0.3, -0.25) is 4.79 Å². The van der Waals surface area contributed by atoms with Gasteiger partial charge < -0.3 is 5.11 Å². The molecule has 0 aliphatic heterocycles. The molecule has 0 rings (SSSR count). The van der Waals surface area contributed by atoms with Crippen LogP contribution in [0.2, 0.25) is 0 Å². The molecule has 0 saturated heterocycles. The van der Waals surface area contributed by atoms with Crippen LogP contribution in [0.25, 0.3) is 0 Å². The van der Waals surface area contributed by atoms with Gasteiger partial charge in [-0.1, -0.05) is 21.6 Å². The molecule has 0 aromatic heterocycles. The molecular formula is C5H8O2S3. The molecule has 0 unspecified atom stereocenters. The molecule has 0 fully saturated rings. The van der Waals surface area contributed by atoms with Gasteiger partial charge in [0.15, 0.2) is 0 Å². The van der Waals surface area contributed by atoms with Crippen molar-refractivity contribution >= 4 is 37.4 Å². The summed E-state index contributed by atoms with van der Waals surface area (Å²) in [6.07, 6.45) is 0.225. The highest BCUT2D eigenvalue weighted by Gasteiger charge is 1.95. The van der Waals surface area contributed by atoms with Crippen LogP contribution in [0, 0.1) is 6.92 Å². The summed E-state index contributed by atoms with van der Waals surface area (Å²) in [5.41, 5.74) is 0. The molecule has 1 N–H and O–H groups in total. The smallest absolute Gasteiger partial charge is 0.304 e. The lowest BCUT2D eigenvalue weighted by molar-refractivity contribution is -0.136. The van der Waals surface area contributed by atoms with Crippen molar-refractivity contribution in [2.75, 3.05) is 11.5 Å². The van der Waals surface area contributed by atoms with Gasteiger partial charge in [-0.05, 0) is 16.7 Å². The monoisotopic (exact) mass is 196 g/mol. The first-order chi connectivity index (χ1) is 4.77. The second-order valence-corrected chi connectivity index (χ2v) is 5.71. The van der Waals surface area contributed by atoms with Gasteiger partial charge in [0.25, 0.3) is 0 Å². The highest BCUT2D eigenvalue weighted by Crippen LogP contribution is 2.34. The fraction of sp³-hybridized carbons (Fsp3) is 0.600. The molecule has 0 atom stereocenters. The third-order valence-electron chi connectivity index (χ3n) is 0.564. The summed E-state index contributed by atoms with van der Waals surface area (Å²) in [4.78, 5) is 9.98. The van der Waals surface area contributed by atoms with E-state index in [2.05, 4.69) is 0 Å². The highest BCUT2D eigenvalue weighted by atomic mass is 33.5. The van der Waals surface area contributed by atoms with Crippen LogP contribution in [0.3, 0.4) is 0 Å². The predicted molar refractivity (Wildman–Crippen MR) is 49.1 cm³/mol. The molecular weight excluding hydrogens is 188 g/mol. The van der Waals surface area contributed by atoms with Gasteiger partial charge in [-0.15, -0.1) is 0 Å². The van der Waals surface area contributed by atoms with E-state index < -0.39 is 5.97 Å². The maximum Gasteiger partial charge on any atom is 0.304 e. The van der Waals surface area contributed by atoms with Crippen LogP contribution in [-0.4, -0.2) is 22.6 Å². The minimum absolute atomic E-state index is 0.225. The molecule has 0 heterocycles. The lowest BCUT2D eigenvalue weighted by atomic mass is 10.5. The molecule has 0 bridgehead atoms. The van der Waals surface area contributed by atoms with Crippen molar-refractivity contribution in [3.8, 4) is 0 Å². The van der Waals surface area contributed by atoms with E-state index >= 15 is 0 Å². The summed E-state index contributed by atoms with van der Waals surface area (Å²) in [6, 6.07) is 0. The predicted octanol–water partition coefficient (Wildman–Crippen LogP) is 2.20. The van der Waals surface area contributed by atoms with Crippen molar-refractivity contribution in [3.63, 3.8) is 0 Å². The topological polar surface area (TPSA) is 37.3 Å². The number of carboxylic acid groups (broad SMARTS) is 1. The summed E-state index contributed by atoms with van der Waals surface area (Å²) >= 11 is 0. The first-order valence-electron chi connectivity index (χ1n) is 2.60. The molecule has 5 heteroatoms. The van der Waals surface area contributed by atoms with E-state index in [-0.39, 0.29) is 6.42 Å². The van der Waals surface area contributed by atoms with Gasteiger partial charge in [-0.2, -0.15) is 0 Å². The van der Waals surface area contributed by atoms with Crippen LogP contribution in [-0.2, 0) is 4.79 Å². The molecule has 58 valence electrons. The zero-order valence-electron chi connectivity index (χ0n) is 5.28. The molecule has 10 heavy (non-hydrogen) atoms. The molecule has 2 nitrogen and oxygen atoms in total. The number of carbonyl (C=O) groups is 1. The number of aliphatic carboxylic acids is 1. The number of hydrogen-bond acceptors (Lipinski definition) is 4. The first-order valence-corrected chi connectivity index (χ1v) is 6.42. The Morgan fingerprint density at radius 3 is 2.70 bits per heavy atom. The van der Waals surface area contributed by atoms with Crippen molar-refractivity contribution in [2.24, 2.45) is 0 Å². The molecule has 0 aliphatic carbocycles. The van der Waals surface area contributed by atoms with Gasteiger partial charge >= 0.3 is 5.97 Å². The van der Waals surface area contributed by atoms with Crippen LogP contribution in [0.15, 0.2) is 0 Å². The van der Waals surface area contributed by atoms with Crippen LogP contribution < -0.4 is 0 Å². The number of rotatable bonds is 6. The Labute approximate surface area is 72.3 Å². The van der Waals surface area contributed by atoms with Gasteiger partial charge in [0.2, 0.25) is 0 Å². The minimum Gasteiger partial charge on any atom is -0.481 e. The van der Waals surface area contributed by atoms with Gasteiger partial charge in [-0.25, -0.2) is 0 Å². The Bertz CT molecular complexity index is 96.9. The zero-order chi connectivity index (χ0) is 7.82. The van der Waals surface area contributed by atoms with E-state index in [4.69, 9.17) is 12.0 Å². The zero-order valence-corrected chi connectivity index (χ0v) is 7.73. The molecule has 0 spiro atoms. The first kappa shape index (κ1) is 10.5. The van der Waals surface area contributed by atoms with Gasteiger partial charge in [0, 0.05) is 11.5 Å². The molecule has 2 radical (unpaired) electrons. The van der Waals surface area contributed by atoms with E-state index in [0.29, 0.717) is 11.5 Å². The maximum absolute atomic E-state index is 9.98. The van der Waals surface area contributed by atoms with Crippen molar-refractivity contribution in [1.29, 1.82) is 0 Å². The molecule has 0 saturated carbocycles. The Morgan fingerprint density at radius 1 is 1.50 bits per heavy atom. The number of hydrogen-bond donors (Lipinski definition) is 1. The van der Waals surface area contributed by atoms with Crippen LogP contribution in [0.5, 0.6) is 0 Å². The average Bonchev–Trinajstić information content (AvgIpc) is 1.87. The normalized spacial score (nSPS) is 9.70. The van der Waals surface area contributed by atoms with Crippen molar-refractivity contribution in [2.45, 2.75) is 6.42 Å². The Balaban J connectivity index is 2.84. The fourth-order valence-electron chi connectivity index (χ4n) is 0.225. The number of carboxylic acids is 1. The molecule has 0 aliphatic rings. The minimum atomic E-state index is -0.745. The van der Waals surface area contributed by atoms with E-state index in [9.17, 15) is 4.79 Å². The second-order valence-electron chi connectivity index (χ2n) is 1.32. The third-order valence-corrected chi connectivity index (χ3v) is 4.48. The average molecular weight is 196 g/mol. The molecule has 0 amide bonds. The SMILES string of the molecule is [CH]CSSSCCC(=O)O. The van der Waals surface area contributed by atoms with Crippen LogP contribution in [0.1, 0.15) is 6.42 Å². The summed E-state index contributed by atoms with van der Waals surface area (Å²) < 4.78 is 0. The quantitative estimate of drug-likeness (QED) is 0.520.